The van der Waals surface area contributed by atoms with E-state index in [4.69, 9.17) is 9.47 Å². The van der Waals surface area contributed by atoms with Gasteiger partial charge in [0.05, 0.1) is 31.3 Å². The number of allylic oxidation sites excluding steroid dienone is 3. The Balaban J connectivity index is 2.72. The van der Waals surface area contributed by atoms with E-state index in [9.17, 15) is 5.26 Å². The van der Waals surface area contributed by atoms with E-state index >= 15 is 0 Å². The van der Waals surface area contributed by atoms with Crippen molar-refractivity contribution in [2.24, 2.45) is 0 Å². The van der Waals surface area contributed by atoms with Crippen molar-refractivity contribution < 1.29 is 9.47 Å². The first-order valence-corrected chi connectivity index (χ1v) is 7.92. The molecule has 1 aliphatic rings. The number of hydrogen-bond acceptors (Lipinski definition) is 4. The largest absolute Gasteiger partial charge is 0.497 e. The third-order valence-electron chi connectivity index (χ3n) is 3.82. The van der Waals surface area contributed by atoms with E-state index in [-0.39, 0.29) is 5.92 Å². The lowest BCUT2D eigenvalue weighted by Crippen LogP contribution is -2.28. The fraction of sp³-hybridized carbons (Fsp3) is 0.278. The van der Waals surface area contributed by atoms with Gasteiger partial charge in [-0.1, -0.05) is 40.7 Å². The van der Waals surface area contributed by atoms with Gasteiger partial charge in [-0.05, 0) is 18.6 Å². The summed E-state index contributed by atoms with van der Waals surface area (Å²) in [4.78, 5) is 0. The number of nitriles is 1. The number of hydrogen-bond donors (Lipinski definition) is 1. The Labute approximate surface area is 145 Å². The van der Waals surface area contributed by atoms with Gasteiger partial charge >= 0.3 is 0 Å². The second-order valence-electron chi connectivity index (χ2n) is 5.18. The van der Waals surface area contributed by atoms with E-state index in [0.29, 0.717) is 17.9 Å². The molecule has 0 aromatic heterocycles. The lowest BCUT2D eigenvalue weighted by atomic mass is 9.80. The molecular formula is C18H19BrN2O2. The Kier molecular flexibility index (Phi) is 5.64. The standard InChI is InChI=1S/C18H19BrN2O2/c1-11-14(9-20)18(13-7-5-6-8-15(13)19)17(12(2)23-4)16(21-11)10-22-3/h5-8,18,21H,2,10H2,1,3-4H3. The molecule has 1 heterocycles. The minimum absolute atomic E-state index is 0.255. The lowest BCUT2D eigenvalue weighted by molar-refractivity contribution is 0.217. The van der Waals surface area contributed by atoms with E-state index in [2.05, 4.69) is 33.9 Å². The Hall–Kier alpha value is -2.03. The summed E-state index contributed by atoms with van der Waals surface area (Å²) in [5.74, 6) is 0.264. The van der Waals surface area contributed by atoms with Crippen molar-refractivity contribution in [3.8, 4) is 6.07 Å². The monoisotopic (exact) mass is 374 g/mol. The van der Waals surface area contributed by atoms with Crippen LogP contribution in [-0.2, 0) is 9.47 Å². The minimum Gasteiger partial charge on any atom is -0.497 e. The van der Waals surface area contributed by atoms with E-state index in [1.54, 1.807) is 14.2 Å². The van der Waals surface area contributed by atoms with E-state index < -0.39 is 0 Å². The zero-order valence-electron chi connectivity index (χ0n) is 13.4. The van der Waals surface area contributed by atoms with Gasteiger partial charge in [-0.15, -0.1) is 0 Å². The first kappa shape index (κ1) is 17.3. The third-order valence-corrected chi connectivity index (χ3v) is 4.54. The molecule has 4 nitrogen and oxygen atoms in total. The second kappa shape index (κ2) is 7.49. The molecule has 1 aromatic rings. The number of halogens is 1. The van der Waals surface area contributed by atoms with Crippen LogP contribution in [0.25, 0.3) is 0 Å². The molecule has 120 valence electrons. The molecule has 0 aliphatic carbocycles. The van der Waals surface area contributed by atoms with Gasteiger partial charge in [0, 0.05) is 28.5 Å². The highest BCUT2D eigenvalue weighted by atomic mass is 79.9. The molecule has 1 unspecified atom stereocenters. The molecular weight excluding hydrogens is 356 g/mol. The maximum absolute atomic E-state index is 9.68. The maximum Gasteiger partial charge on any atom is 0.117 e. The fourth-order valence-electron chi connectivity index (χ4n) is 2.76. The van der Waals surface area contributed by atoms with Crippen LogP contribution in [0.4, 0.5) is 0 Å². The Morgan fingerprint density at radius 3 is 2.65 bits per heavy atom. The molecule has 1 atom stereocenters. The van der Waals surface area contributed by atoms with Crippen LogP contribution in [0.1, 0.15) is 18.4 Å². The highest BCUT2D eigenvalue weighted by Gasteiger charge is 2.33. The molecule has 5 heteroatoms. The summed E-state index contributed by atoms with van der Waals surface area (Å²) >= 11 is 3.59. The van der Waals surface area contributed by atoms with Crippen molar-refractivity contribution in [3.05, 3.63) is 69.2 Å². The molecule has 0 amide bonds. The lowest BCUT2D eigenvalue weighted by Gasteiger charge is -2.31. The van der Waals surface area contributed by atoms with Gasteiger partial charge in [0.15, 0.2) is 0 Å². The molecule has 1 N–H and O–H groups in total. The molecule has 0 spiro atoms. The van der Waals surface area contributed by atoms with Crippen molar-refractivity contribution in [1.29, 1.82) is 5.26 Å². The SMILES string of the molecule is C=C(OC)C1=C(COC)NC(C)=C(C#N)C1c1ccccc1Br. The van der Waals surface area contributed by atoms with Crippen LogP contribution in [0.5, 0.6) is 0 Å². The molecule has 0 bridgehead atoms. The van der Waals surface area contributed by atoms with E-state index in [0.717, 1.165) is 27.0 Å². The summed E-state index contributed by atoms with van der Waals surface area (Å²) in [6.45, 7) is 6.28. The fourth-order valence-corrected chi connectivity index (χ4v) is 3.28. The average molecular weight is 375 g/mol. The zero-order valence-corrected chi connectivity index (χ0v) is 15.0. The summed E-state index contributed by atoms with van der Waals surface area (Å²) in [6.07, 6.45) is 0. The molecule has 0 fully saturated rings. The summed E-state index contributed by atoms with van der Waals surface area (Å²) in [5.41, 5.74) is 4.14. The van der Waals surface area contributed by atoms with E-state index in [1.165, 1.54) is 0 Å². The highest BCUT2D eigenvalue weighted by molar-refractivity contribution is 9.10. The second-order valence-corrected chi connectivity index (χ2v) is 6.04. The first-order valence-electron chi connectivity index (χ1n) is 7.12. The van der Waals surface area contributed by atoms with Crippen LogP contribution in [0, 0.1) is 11.3 Å². The summed E-state index contributed by atoms with van der Waals surface area (Å²) in [5, 5.41) is 12.9. The van der Waals surface area contributed by atoms with Crippen molar-refractivity contribution in [2.45, 2.75) is 12.8 Å². The van der Waals surface area contributed by atoms with Crippen LogP contribution in [0.15, 0.2) is 63.6 Å². The Bertz CT molecular complexity index is 729. The van der Waals surface area contributed by atoms with Crippen molar-refractivity contribution in [2.75, 3.05) is 20.8 Å². The maximum atomic E-state index is 9.68. The number of rotatable bonds is 5. The average Bonchev–Trinajstić information content (AvgIpc) is 2.54. The van der Waals surface area contributed by atoms with Crippen LogP contribution in [-0.4, -0.2) is 20.8 Å². The van der Waals surface area contributed by atoms with Gasteiger partial charge in [-0.2, -0.15) is 5.26 Å². The number of nitrogens with one attached hydrogen (secondary N) is 1. The highest BCUT2D eigenvalue weighted by Crippen LogP contribution is 2.43. The molecule has 23 heavy (non-hydrogen) atoms. The number of ether oxygens (including phenoxy) is 2. The van der Waals surface area contributed by atoms with Gasteiger partial charge in [0.25, 0.3) is 0 Å². The smallest absolute Gasteiger partial charge is 0.117 e. The van der Waals surface area contributed by atoms with Gasteiger partial charge in [0.1, 0.15) is 5.76 Å². The summed E-state index contributed by atoms with van der Waals surface area (Å²) < 4.78 is 11.6. The van der Waals surface area contributed by atoms with Gasteiger partial charge in [-0.25, -0.2) is 0 Å². The Morgan fingerprint density at radius 2 is 2.09 bits per heavy atom. The number of nitrogens with zero attached hydrogens (tertiary/aromatic N) is 1. The number of dihydropyridines is 1. The van der Waals surface area contributed by atoms with Crippen LogP contribution in [0.2, 0.25) is 0 Å². The first-order chi connectivity index (χ1) is 11.0. The van der Waals surface area contributed by atoms with Crippen LogP contribution in [0.3, 0.4) is 0 Å². The minimum atomic E-state index is -0.255. The van der Waals surface area contributed by atoms with Gasteiger partial charge < -0.3 is 14.8 Å². The van der Waals surface area contributed by atoms with Crippen molar-refractivity contribution >= 4 is 15.9 Å². The van der Waals surface area contributed by atoms with Gasteiger partial charge in [0.2, 0.25) is 0 Å². The predicted octanol–water partition coefficient (Wildman–Crippen LogP) is 3.99. The van der Waals surface area contributed by atoms with Crippen molar-refractivity contribution in [1.82, 2.24) is 5.32 Å². The topological polar surface area (TPSA) is 54.3 Å². The van der Waals surface area contributed by atoms with E-state index in [1.807, 2.05) is 31.2 Å². The van der Waals surface area contributed by atoms with Gasteiger partial charge in [-0.3, -0.25) is 0 Å². The van der Waals surface area contributed by atoms with Crippen molar-refractivity contribution in [3.63, 3.8) is 0 Å². The summed E-state index contributed by atoms with van der Waals surface area (Å²) in [7, 11) is 3.21. The molecule has 1 aliphatic heterocycles. The number of benzene rings is 1. The molecule has 0 radical (unpaired) electrons. The molecule has 1 aromatic carbocycles. The third kappa shape index (κ3) is 3.34. The molecule has 0 saturated heterocycles. The normalized spacial score (nSPS) is 17.6. The zero-order chi connectivity index (χ0) is 17.0. The molecule has 2 rings (SSSR count). The quantitative estimate of drug-likeness (QED) is 0.791. The van der Waals surface area contributed by atoms with Crippen LogP contribution < -0.4 is 5.32 Å². The Morgan fingerprint density at radius 1 is 1.39 bits per heavy atom. The van der Waals surface area contributed by atoms with Crippen LogP contribution >= 0.6 is 15.9 Å². The molecule has 0 saturated carbocycles. The predicted molar refractivity (Wildman–Crippen MR) is 93.4 cm³/mol. The number of methoxy groups -OCH3 is 2. The summed E-state index contributed by atoms with van der Waals surface area (Å²) in [6, 6.07) is 10.2.